The zero-order valence-corrected chi connectivity index (χ0v) is 15.3. The van der Waals surface area contributed by atoms with Crippen molar-refractivity contribution in [3.05, 3.63) is 48.0 Å². The first-order valence-corrected chi connectivity index (χ1v) is 9.64. The third kappa shape index (κ3) is 4.63. The molecule has 9 heteroatoms. The van der Waals surface area contributed by atoms with Crippen LogP contribution >= 0.6 is 0 Å². The highest BCUT2D eigenvalue weighted by molar-refractivity contribution is 7.89. The molecule has 0 spiro atoms. The summed E-state index contributed by atoms with van der Waals surface area (Å²) in [5.41, 5.74) is 0.857. The molecule has 142 valence electrons. The minimum Gasteiger partial charge on any atom is -0.486 e. The van der Waals surface area contributed by atoms with Gasteiger partial charge in [0.15, 0.2) is 17.3 Å². The Kier molecular flexibility index (Phi) is 5.43. The number of carbonyl (C=O) groups excluding carboxylic acids is 2. The number of ether oxygens (including phenoxy) is 2. The second-order valence-electron chi connectivity index (χ2n) is 5.82. The summed E-state index contributed by atoms with van der Waals surface area (Å²) in [6.45, 7) is 1.71. The number of rotatable bonds is 6. The van der Waals surface area contributed by atoms with Gasteiger partial charge in [-0.05, 0) is 31.2 Å². The number of Topliss-reactive ketones (excluding diaryl/α,β-unsaturated/α-hetero) is 1. The molecule has 27 heavy (non-hydrogen) atoms. The molecule has 0 bridgehead atoms. The molecule has 2 aromatic rings. The summed E-state index contributed by atoms with van der Waals surface area (Å²) >= 11 is 0. The van der Waals surface area contributed by atoms with Crippen molar-refractivity contribution in [1.82, 2.24) is 4.72 Å². The zero-order valence-electron chi connectivity index (χ0n) is 14.5. The van der Waals surface area contributed by atoms with Gasteiger partial charge in [-0.1, -0.05) is 12.1 Å². The van der Waals surface area contributed by atoms with Gasteiger partial charge in [-0.15, -0.1) is 0 Å². The van der Waals surface area contributed by atoms with Crippen LogP contribution < -0.4 is 19.5 Å². The lowest BCUT2D eigenvalue weighted by molar-refractivity contribution is -0.115. The summed E-state index contributed by atoms with van der Waals surface area (Å²) in [5, 5.41) is 2.55. The Labute approximate surface area is 156 Å². The predicted molar refractivity (Wildman–Crippen MR) is 97.7 cm³/mol. The van der Waals surface area contributed by atoms with E-state index in [4.69, 9.17) is 9.47 Å². The molecule has 1 amide bonds. The fourth-order valence-electron chi connectivity index (χ4n) is 2.46. The summed E-state index contributed by atoms with van der Waals surface area (Å²) in [4.78, 5) is 23.4. The second kappa shape index (κ2) is 7.77. The Morgan fingerprint density at radius 3 is 2.52 bits per heavy atom. The average molecular weight is 390 g/mol. The van der Waals surface area contributed by atoms with Crippen LogP contribution in [-0.2, 0) is 14.8 Å². The maximum Gasteiger partial charge on any atom is 0.241 e. The van der Waals surface area contributed by atoms with Crippen molar-refractivity contribution >= 4 is 27.4 Å². The largest absolute Gasteiger partial charge is 0.486 e. The van der Waals surface area contributed by atoms with Crippen LogP contribution in [0.5, 0.6) is 11.5 Å². The van der Waals surface area contributed by atoms with Crippen LogP contribution in [0.3, 0.4) is 0 Å². The van der Waals surface area contributed by atoms with Crippen LogP contribution in [0.1, 0.15) is 17.3 Å². The van der Waals surface area contributed by atoms with Crippen molar-refractivity contribution in [3.63, 3.8) is 0 Å². The molecule has 2 N–H and O–H groups in total. The topological polar surface area (TPSA) is 111 Å². The van der Waals surface area contributed by atoms with Gasteiger partial charge < -0.3 is 14.8 Å². The van der Waals surface area contributed by atoms with Crippen LogP contribution in [0.25, 0.3) is 0 Å². The molecule has 1 aliphatic rings. The highest BCUT2D eigenvalue weighted by atomic mass is 32.2. The van der Waals surface area contributed by atoms with Gasteiger partial charge in [0.2, 0.25) is 15.9 Å². The van der Waals surface area contributed by atoms with Crippen molar-refractivity contribution < 1.29 is 27.5 Å². The summed E-state index contributed by atoms with van der Waals surface area (Å²) in [7, 11) is -3.90. The fourth-order valence-corrected chi connectivity index (χ4v) is 3.45. The minimum atomic E-state index is -3.90. The fraction of sp³-hybridized carbons (Fsp3) is 0.222. The molecule has 0 saturated heterocycles. The first kappa shape index (κ1) is 18.9. The molecule has 2 aromatic carbocycles. The van der Waals surface area contributed by atoms with E-state index in [2.05, 4.69) is 10.0 Å². The van der Waals surface area contributed by atoms with E-state index in [-0.39, 0.29) is 10.7 Å². The average Bonchev–Trinajstić information content (AvgIpc) is 2.66. The Balaban J connectivity index is 1.64. The Bertz CT molecular complexity index is 987. The van der Waals surface area contributed by atoms with E-state index in [0.717, 1.165) is 0 Å². The molecular formula is C18H18N2O6S. The SMILES string of the molecule is CC(=O)c1cccc(NC(=O)CNS(=O)(=O)c2ccc3c(c2)OCCO3)c1. The lowest BCUT2D eigenvalue weighted by Crippen LogP contribution is -2.33. The van der Waals surface area contributed by atoms with E-state index >= 15 is 0 Å². The van der Waals surface area contributed by atoms with Gasteiger partial charge in [-0.3, -0.25) is 9.59 Å². The molecule has 1 aliphatic heterocycles. The Hall–Kier alpha value is -2.91. The zero-order chi connectivity index (χ0) is 19.4. The lowest BCUT2D eigenvalue weighted by Gasteiger charge is -2.18. The molecule has 3 rings (SSSR count). The maximum absolute atomic E-state index is 12.4. The van der Waals surface area contributed by atoms with Crippen LogP contribution in [0.2, 0.25) is 0 Å². The normalized spacial score (nSPS) is 13.1. The lowest BCUT2D eigenvalue weighted by atomic mass is 10.1. The van der Waals surface area contributed by atoms with E-state index in [1.54, 1.807) is 18.2 Å². The van der Waals surface area contributed by atoms with Gasteiger partial charge >= 0.3 is 0 Å². The Morgan fingerprint density at radius 1 is 1.04 bits per heavy atom. The number of amides is 1. The molecule has 0 atom stereocenters. The van der Waals surface area contributed by atoms with Crippen molar-refractivity contribution in [2.45, 2.75) is 11.8 Å². The van der Waals surface area contributed by atoms with Gasteiger partial charge in [-0.25, -0.2) is 13.1 Å². The second-order valence-corrected chi connectivity index (χ2v) is 7.58. The first-order chi connectivity index (χ1) is 12.8. The van der Waals surface area contributed by atoms with Crippen molar-refractivity contribution in [2.24, 2.45) is 0 Å². The molecule has 8 nitrogen and oxygen atoms in total. The summed E-state index contributed by atoms with van der Waals surface area (Å²) in [5.74, 6) is 0.125. The monoisotopic (exact) mass is 390 g/mol. The summed E-state index contributed by atoms with van der Waals surface area (Å²) < 4.78 is 37.7. The number of hydrogen-bond donors (Lipinski definition) is 2. The number of fused-ring (bicyclic) bond motifs is 1. The van der Waals surface area contributed by atoms with Crippen LogP contribution in [0.15, 0.2) is 47.4 Å². The van der Waals surface area contributed by atoms with E-state index in [9.17, 15) is 18.0 Å². The van der Waals surface area contributed by atoms with E-state index in [1.807, 2.05) is 0 Å². The highest BCUT2D eigenvalue weighted by Gasteiger charge is 2.20. The standard InChI is InChI=1S/C18H18N2O6S/c1-12(21)13-3-2-4-14(9-13)20-18(22)11-19-27(23,24)15-5-6-16-17(10-15)26-8-7-25-16/h2-6,9-10,19H,7-8,11H2,1H3,(H,20,22). The van der Waals surface area contributed by atoms with Crippen LogP contribution in [0.4, 0.5) is 5.69 Å². The van der Waals surface area contributed by atoms with Gasteiger partial charge in [0.25, 0.3) is 0 Å². The van der Waals surface area contributed by atoms with Gasteiger partial charge in [0.1, 0.15) is 13.2 Å². The number of carbonyl (C=O) groups is 2. The number of sulfonamides is 1. The molecule has 0 aromatic heterocycles. The number of nitrogens with one attached hydrogen (secondary N) is 2. The van der Waals surface area contributed by atoms with Crippen molar-refractivity contribution in [1.29, 1.82) is 0 Å². The number of anilines is 1. The smallest absolute Gasteiger partial charge is 0.241 e. The summed E-state index contributed by atoms with van der Waals surface area (Å²) in [6.07, 6.45) is 0. The quantitative estimate of drug-likeness (QED) is 0.725. The van der Waals surface area contributed by atoms with Crippen LogP contribution in [0, 0.1) is 0 Å². The van der Waals surface area contributed by atoms with Crippen molar-refractivity contribution in [3.8, 4) is 11.5 Å². The first-order valence-electron chi connectivity index (χ1n) is 8.15. The Morgan fingerprint density at radius 2 is 1.78 bits per heavy atom. The molecule has 0 aliphatic carbocycles. The molecule has 0 saturated carbocycles. The molecular weight excluding hydrogens is 372 g/mol. The molecule has 0 fully saturated rings. The predicted octanol–water partition coefficient (Wildman–Crippen LogP) is 1.58. The van der Waals surface area contributed by atoms with Gasteiger partial charge in [0, 0.05) is 17.3 Å². The van der Waals surface area contributed by atoms with Gasteiger partial charge in [-0.2, -0.15) is 0 Å². The molecule has 0 unspecified atom stereocenters. The number of hydrogen-bond acceptors (Lipinski definition) is 6. The van der Waals surface area contributed by atoms with E-state index in [0.29, 0.717) is 36.0 Å². The van der Waals surface area contributed by atoms with Gasteiger partial charge in [0.05, 0.1) is 11.4 Å². The number of ketones is 1. The summed E-state index contributed by atoms with van der Waals surface area (Å²) in [6, 6.07) is 10.6. The third-order valence-electron chi connectivity index (χ3n) is 3.80. The van der Waals surface area contributed by atoms with Crippen LogP contribution in [-0.4, -0.2) is 39.9 Å². The van der Waals surface area contributed by atoms with E-state index in [1.165, 1.54) is 31.2 Å². The van der Waals surface area contributed by atoms with E-state index < -0.39 is 22.5 Å². The maximum atomic E-state index is 12.4. The molecule has 1 heterocycles. The number of benzene rings is 2. The van der Waals surface area contributed by atoms with Crippen molar-refractivity contribution in [2.75, 3.05) is 25.1 Å². The molecule has 0 radical (unpaired) electrons. The minimum absolute atomic E-state index is 0.0295. The highest BCUT2D eigenvalue weighted by Crippen LogP contribution is 2.32. The third-order valence-corrected chi connectivity index (χ3v) is 5.20.